The molecule has 11 heteroatoms. The van der Waals surface area contributed by atoms with Crippen molar-refractivity contribution in [2.24, 2.45) is 0 Å². The number of carbonyl (C=O) groups excluding carboxylic acids is 1. The number of nitro groups is 1. The molecule has 30 heavy (non-hydrogen) atoms. The van der Waals surface area contributed by atoms with Gasteiger partial charge in [0.15, 0.2) is 0 Å². The van der Waals surface area contributed by atoms with Gasteiger partial charge in [-0.05, 0) is 60.1 Å². The number of nitro benzene ring substituents is 1. The fraction of sp³-hybridized carbons (Fsp3) is 0.632. The summed E-state index contributed by atoms with van der Waals surface area (Å²) in [5, 5.41) is 14.4. The predicted octanol–water partition coefficient (Wildman–Crippen LogP) is 3.34. The summed E-state index contributed by atoms with van der Waals surface area (Å²) in [5.74, 6) is 0. The molecule has 1 rings (SSSR count). The van der Waals surface area contributed by atoms with Crippen molar-refractivity contribution in [3.8, 4) is 0 Å². The Bertz CT molecular complexity index is 849. The molecule has 0 saturated carbocycles. The minimum absolute atomic E-state index is 0.171. The maximum absolute atomic E-state index is 12.3. The predicted molar refractivity (Wildman–Crippen MR) is 115 cm³/mol. The van der Waals surface area contributed by atoms with Crippen LogP contribution in [0.3, 0.4) is 0 Å². The number of benzene rings is 1. The SMILES string of the molecule is CCN(CCCNc1ccc(S(=O)(=O)NC(C)C)cc1[N+](=O)[O-])C(=O)OC(C)(C)C. The van der Waals surface area contributed by atoms with Crippen LogP contribution >= 0.6 is 0 Å². The molecule has 0 atom stereocenters. The molecule has 0 fully saturated rings. The van der Waals surface area contributed by atoms with Gasteiger partial charge in [-0.2, -0.15) is 0 Å². The Balaban J connectivity index is 2.80. The van der Waals surface area contributed by atoms with E-state index < -0.39 is 26.6 Å². The summed E-state index contributed by atoms with van der Waals surface area (Å²) >= 11 is 0. The van der Waals surface area contributed by atoms with Crippen molar-refractivity contribution in [2.75, 3.05) is 25.0 Å². The van der Waals surface area contributed by atoms with Gasteiger partial charge in [-0.1, -0.05) is 0 Å². The van der Waals surface area contributed by atoms with Crippen molar-refractivity contribution < 1.29 is 22.9 Å². The summed E-state index contributed by atoms with van der Waals surface area (Å²) in [4.78, 5) is 24.3. The maximum atomic E-state index is 12.3. The molecular formula is C19H32N4O6S. The Hall–Kier alpha value is -2.40. The molecule has 0 aliphatic carbocycles. The Morgan fingerprint density at radius 3 is 2.43 bits per heavy atom. The first-order chi connectivity index (χ1) is 13.8. The van der Waals surface area contributed by atoms with Crippen LogP contribution in [0.5, 0.6) is 0 Å². The number of carbonyl (C=O) groups is 1. The molecular weight excluding hydrogens is 412 g/mol. The smallest absolute Gasteiger partial charge is 0.410 e. The molecule has 1 amide bonds. The third-order valence-corrected chi connectivity index (χ3v) is 5.48. The first-order valence-corrected chi connectivity index (χ1v) is 11.3. The van der Waals surface area contributed by atoms with E-state index in [1.165, 1.54) is 12.1 Å². The van der Waals surface area contributed by atoms with E-state index in [0.717, 1.165) is 6.07 Å². The van der Waals surface area contributed by atoms with Gasteiger partial charge in [-0.25, -0.2) is 17.9 Å². The maximum Gasteiger partial charge on any atom is 0.410 e. The van der Waals surface area contributed by atoms with E-state index in [-0.39, 0.29) is 22.3 Å². The lowest BCUT2D eigenvalue weighted by atomic mass is 10.2. The highest BCUT2D eigenvalue weighted by Crippen LogP contribution is 2.27. The zero-order valence-electron chi connectivity index (χ0n) is 18.4. The van der Waals surface area contributed by atoms with E-state index >= 15 is 0 Å². The lowest BCUT2D eigenvalue weighted by molar-refractivity contribution is -0.384. The van der Waals surface area contributed by atoms with Crippen LogP contribution in [0.2, 0.25) is 0 Å². The quantitative estimate of drug-likeness (QED) is 0.321. The first-order valence-electron chi connectivity index (χ1n) is 9.79. The monoisotopic (exact) mass is 444 g/mol. The van der Waals surface area contributed by atoms with Gasteiger partial charge in [0.1, 0.15) is 11.3 Å². The number of sulfonamides is 1. The molecule has 1 aromatic carbocycles. The largest absolute Gasteiger partial charge is 0.444 e. The molecule has 0 unspecified atom stereocenters. The number of amides is 1. The number of nitrogens with zero attached hydrogens (tertiary/aromatic N) is 2. The van der Waals surface area contributed by atoms with Gasteiger partial charge in [0.25, 0.3) is 5.69 Å². The molecule has 1 aromatic rings. The molecule has 0 aliphatic rings. The van der Waals surface area contributed by atoms with Gasteiger partial charge in [0.2, 0.25) is 10.0 Å². The summed E-state index contributed by atoms with van der Waals surface area (Å²) < 4.78 is 32.3. The van der Waals surface area contributed by atoms with Crippen molar-refractivity contribution in [1.82, 2.24) is 9.62 Å². The summed E-state index contributed by atoms with van der Waals surface area (Å²) in [6.07, 6.45) is 0.113. The van der Waals surface area contributed by atoms with E-state index in [4.69, 9.17) is 4.74 Å². The van der Waals surface area contributed by atoms with Crippen LogP contribution in [0.15, 0.2) is 23.1 Å². The normalized spacial score (nSPS) is 12.0. The van der Waals surface area contributed by atoms with Crippen LogP contribution < -0.4 is 10.0 Å². The standard InChI is InChI=1S/C19H32N4O6S/c1-7-22(18(24)29-19(4,5)6)12-8-11-20-16-10-9-15(13-17(16)23(25)26)30(27,28)21-14(2)3/h9-10,13-14,20-21H,7-8,11-12H2,1-6H3. The van der Waals surface area contributed by atoms with Gasteiger partial charge in [0, 0.05) is 31.7 Å². The Labute approximate surface area is 178 Å². The van der Waals surface area contributed by atoms with Crippen molar-refractivity contribution in [2.45, 2.75) is 64.5 Å². The van der Waals surface area contributed by atoms with Gasteiger partial charge in [-0.15, -0.1) is 0 Å². The second-order valence-electron chi connectivity index (χ2n) is 8.05. The Kier molecular flexibility index (Phi) is 9.04. The molecule has 0 aromatic heterocycles. The molecule has 0 spiro atoms. The molecule has 0 saturated heterocycles. The molecule has 0 heterocycles. The Morgan fingerprint density at radius 2 is 1.93 bits per heavy atom. The van der Waals surface area contributed by atoms with Crippen molar-refractivity contribution in [3.63, 3.8) is 0 Å². The lowest BCUT2D eigenvalue weighted by Gasteiger charge is -2.26. The van der Waals surface area contributed by atoms with Crippen molar-refractivity contribution in [3.05, 3.63) is 28.3 Å². The minimum atomic E-state index is -3.84. The van der Waals surface area contributed by atoms with Crippen LogP contribution in [0.25, 0.3) is 0 Å². The summed E-state index contributed by atoms with van der Waals surface area (Å²) in [7, 11) is -3.84. The molecule has 0 radical (unpaired) electrons. The highest BCUT2D eigenvalue weighted by Gasteiger charge is 2.23. The molecule has 0 bridgehead atoms. The van der Waals surface area contributed by atoms with Crippen LogP contribution in [0, 0.1) is 10.1 Å². The number of rotatable bonds is 10. The topological polar surface area (TPSA) is 131 Å². The third-order valence-electron chi connectivity index (χ3n) is 3.82. The van der Waals surface area contributed by atoms with Crippen molar-refractivity contribution >= 4 is 27.5 Å². The number of nitrogens with one attached hydrogen (secondary N) is 2. The summed E-state index contributed by atoms with van der Waals surface area (Å²) in [5.41, 5.74) is -0.708. The number of anilines is 1. The zero-order valence-corrected chi connectivity index (χ0v) is 19.2. The number of ether oxygens (including phenoxy) is 1. The van der Waals surface area contributed by atoms with Crippen molar-refractivity contribution in [1.29, 1.82) is 0 Å². The highest BCUT2D eigenvalue weighted by molar-refractivity contribution is 7.89. The van der Waals surface area contributed by atoms with E-state index in [1.54, 1.807) is 39.5 Å². The first kappa shape index (κ1) is 25.6. The van der Waals surface area contributed by atoms with Gasteiger partial charge in [-0.3, -0.25) is 10.1 Å². The Morgan fingerprint density at radius 1 is 1.30 bits per heavy atom. The van der Waals surface area contributed by atoms with Gasteiger partial charge >= 0.3 is 6.09 Å². The minimum Gasteiger partial charge on any atom is -0.444 e. The molecule has 10 nitrogen and oxygen atoms in total. The van der Waals surface area contributed by atoms with Crippen LogP contribution in [-0.4, -0.2) is 55.6 Å². The number of hydrogen-bond acceptors (Lipinski definition) is 7. The molecule has 2 N–H and O–H groups in total. The van der Waals surface area contributed by atoms with E-state index in [2.05, 4.69) is 10.0 Å². The summed E-state index contributed by atoms with van der Waals surface area (Å²) in [6, 6.07) is 3.39. The molecule has 170 valence electrons. The number of hydrogen-bond donors (Lipinski definition) is 2. The molecule has 0 aliphatic heterocycles. The second kappa shape index (κ2) is 10.6. The van der Waals surface area contributed by atoms with E-state index in [1.807, 2.05) is 6.92 Å². The average molecular weight is 445 g/mol. The van der Waals surface area contributed by atoms with E-state index in [9.17, 15) is 23.3 Å². The van der Waals surface area contributed by atoms with E-state index in [0.29, 0.717) is 26.1 Å². The highest BCUT2D eigenvalue weighted by atomic mass is 32.2. The van der Waals surface area contributed by atoms with Crippen LogP contribution in [0.4, 0.5) is 16.2 Å². The third kappa shape index (κ3) is 8.15. The van der Waals surface area contributed by atoms with Gasteiger partial charge < -0.3 is 15.0 Å². The summed E-state index contributed by atoms with van der Waals surface area (Å²) in [6.45, 7) is 11.8. The lowest BCUT2D eigenvalue weighted by Crippen LogP contribution is -2.37. The van der Waals surface area contributed by atoms with Gasteiger partial charge in [0.05, 0.1) is 9.82 Å². The zero-order chi connectivity index (χ0) is 23.1. The second-order valence-corrected chi connectivity index (χ2v) is 9.77. The fourth-order valence-electron chi connectivity index (χ4n) is 2.56. The fourth-order valence-corrected chi connectivity index (χ4v) is 3.83. The average Bonchev–Trinajstić information content (AvgIpc) is 2.58. The van der Waals surface area contributed by atoms with Crippen LogP contribution in [0.1, 0.15) is 48.0 Å². The van der Waals surface area contributed by atoms with Crippen LogP contribution in [-0.2, 0) is 14.8 Å².